The van der Waals surface area contributed by atoms with Gasteiger partial charge in [-0.3, -0.25) is 4.79 Å². The molecule has 3 aromatic rings. The lowest BCUT2D eigenvalue weighted by atomic mass is 10.0. The van der Waals surface area contributed by atoms with Crippen molar-refractivity contribution in [3.05, 3.63) is 63.3 Å². The normalized spacial score (nSPS) is 14.7. The summed E-state index contributed by atoms with van der Waals surface area (Å²) in [5, 5.41) is 7.84. The molecule has 146 valence electrons. The predicted molar refractivity (Wildman–Crippen MR) is 106 cm³/mol. The van der Waals surface area contributed by atoms with E-state index in [1.807, 2.05) is 13.8 Å². The van der Waals surface area contributed by atoms with Crippen LogP contribution in [0.4, 0.5) is 4.39 Å². The van der Waals surface area contributed by atoms with E-state index >= 15 is 0 Å². The number of nitrogens with zero attached hydrogens (tertiary/aromatic N) is 3. The Morgan fingerprint density at radius 3 is 2.75 bits per heavy atom. The molecule has 1 fully saturated rings. The van der Waals surface area contributed by atoms with Crippen molar-refractivity contribution in [2.75, 3.05) is 0 Å². The predicted octanol–water partition coefficient (Wildman–Crippen LogP) is 4.40. The third-order valence-corrected chi connectivity index (χ3v) is 5.91. The average Bonchev–Trinajstić information content (AvgIpc) is 3.30. The highest BCUT2D eigenvalue weighted by Crippen LogP contribution is 2.26. The second-order valence-corrected chi connectivity index (χ2v) is 7.79. The first kappa shape index (κ1) is 18.9. The molecule has 1 amide bonds. The second-order valence-electron chi connectivity index (χ2n) is 7.39. The third kappa shape index (κ3) is 3.37. The molecule has 4 rings (SSSR count). The van der Waals surface area contributed by atoms with Crippen molar-refractivity contribution in [2.45, 2.75) is 52.0 Å². The number of hydrogen-bond donors (Lipinski definition) is 1. The second kappa shape index (κ2) is 7.51. The van der Waals surface area contributed by atoms with Gasteiger partial charge < -0.3 is 5.32 Å². The number of fused-ring (bicyclic) bond motifs is 1. The van der Waals surface area contributed by atoms with Gasteiger partial charge in [-0.25, -0.2) is 13.9 Å². The van der Waals surface area contributed by atoms with Gasteiger partial charge in [0.05, 0.1) is 6.20 Å². The van der Waals surface area contributed by atoms with E-state index in [0.717, 1.165) is 42.6 Å². The summed E-state index contributed by atoms with van der Waals surface area (Å²) in [5.74, 6) is -0.485. The van der Waals surface area contributed by atoms with Crippen LogP contribution in [0.15, 0.2) is 24.4 Å². The number of halogens is 2. The van der Waals surface area contributed by atoms with Gasteiger partial charge in [-0.2, -0.15) is 5.10 Å². The Hall–Kier alpha value is -2.47. The molecule has 1 N–H and O–H groups in total. The molecule has 2 heterocycles. The fourth-order valence-electron chi connectivity index (χ4n) is 3.94. The van der Waals surface area contributed by atoms with Gasteiger partial charge in [-0.15, -0.1) is 0 Å². The molecule has 7 heteroatoms. The molecule has 0 spiro atoms. The monoisotopic (exact) mass is 400 g/mol. The summed E-state index contributed by atoms with van der Waals surface area (Å²) >= 11 is 6.19. The molecule has 1 saturated carbocycles. The van der Waals surface area contributed by atoms with E-state index in [-0.39, 0.29) is 17.8 Å². The van der Waals surface area contributed by atoms with Crippen LogP contribution in [0.5, 0.6) is 0 Å². The molecule has 0 bridgehead atoms. The van der Waals surface area contributed by atoms with Crippen molar-refractivity contribution < 1.29 is 9.18 Å². The maximum atomic E-state index is 14.2. The number of carbonyl (C=O) groups is 1. The van der Waals surface area contributed by atoms with Crippen molar-refractivity contribution in [3.8, 4) is 0 Å². The molecule has 5 nitrogen and oxygen atoms in total. The van der Waals surface area contributed by atoms with E-state index in [9.17, 15) is 9.18 Å². The van der Waals surface area contributed by atoms with Crippen molar-refractivity contribution >= 4 is 23.2 Å². The summed E-state index contributed by atoms with van der Waals surface area (Å²) in [5.41, 5.74) is 3.83. The molecule has 0 saturated heterocycles. The van der Waals surface area contributed by atoms with Crippen LogP contribution in [0.25, 0.3) is 5.65 Å². The van der Waals surface area contributed by atoms with Gasteiger partial charge in [0.2, 0.25) is 0 Å². The van der Waals surface area contributed by atoms with Crippen LogP contribution >= 0.6 is 11.6 Å². The molecule has 28 heavy (non-hydrogen) atoms. The largest absolute Gasteiger partial charge is 0.349 e. The minimum absolute atomic E-state index is 0.141. The first-order chi connectivity index (χ1) is 13.5. The Morgan fingerprint density at radius 1 is 1.29 bits per heavy atom. The third-order valence-electron chi connectivity index (χ3n) is 5.56. The minimum Gasteiger partial charge on any atom is -0.349 e. The van der Waals surface area contributed by atoms with E-state index < -0.39 is 0 Å². The van der Waals surface area contributed by atoms with E-state index in [2.05, 4.69) is 15.4 Å². The van der Waals surface area contributed by atoms with Crippen LogP contribution in [-0.4, -0.2) is 26.5 Å². The lowest BCUT2D eigenvalue weighted by Gasteiger charge is -2.14. The van der Waals surface area contributed by atoms with Crippen LogP contribution in [0, 0.1) is 19.7 Å². The van der Waals surface area contributed by atoms with Gasteiger partial charge in [-0.05, 0) is 44.4 Å². The topological polar surface area (TPSA) is 59.3 Å². The summed E-state index contributed by atoms with van der Waals surface area (Å²) in [7, 11) is 0. The van der Waals surface area contributed by atoms with Gasteiger partial charge in [0.25, 0.3) is 5.91 Å². The van der Waals surface area contributed by atoms with Gasteiger partial charge in [0.1, 0.15) is 11.4 Å². The zero-order chi connectivity index (χ0) is 19.8. The number of aromatic nitrogens is 3. The summed E-state index contributed by atoms with van der Waals surface area (Å²) in [4.78, 5) is 17.3. The molecule has 2 aromatic heterocycles. The molecule has 1 aliphatic rings. The van der Waals surface area contributed by atoms with Crippen LogP contribution in [0.2, 0.25) is 5.02 Å². The number of carbonyl (C=O) groups excluding carboxylic acids is 1. The van der Waals surface area contributed by atoms with Crippen molar-refractivity contribution in [3.63, 3.8) is 0 Å². The van der Waals surface area contributed by atoms with Crippen LogP contribution < -0.4 is 5.32 Å². The zero-order valence-electron chi connectivity index (χ0n) is 15.9. The highest BCUT2D eigenvalue weighted by Gasteiger charge is 2.23. The van der Waals surface area contributed by atoms with Gasteiger partial charge in [0, 0.05) is 34.4 Å². The number of benzene rings is 1. The number of nitrogens with one attached hydrogen (secondary N) is 1. The summed E-state index contributed by atoms with van der Waals surface area (Å²) in [6.07, 6.45) is 6.21. The number of aryl methyl sites for hydroxylation is 2. The van der Waals surface area contributed by atoms with Crippen molar-refractivity contribution in [1.29, 1.82) is 0 Å². The van der Waals surface area contributed by atoms with Crippen LogP contribution in [0.1, 0.15) is 58.6 Å². The maximum absolute atomic E-state index is 14.2. The minimum atomic E-state index is -0.344. The van der Waals surface area contributed by atoms with E-state index in [1.165, 1.54) is 6.07 Å². The SMILES string of the molecule is Cc1nc2c(C(=O)NC3CCCC3)cnn2c(C)c1Cc1c(F)cccc1Cl. The molecule has 0 unspecified atom stereocenters. The highest BCUT2D eigenvalue weighted by molar-refractivity contribution is 6.31. The molecular formula is C21H22ClFN4O. The molecule has 1 aromatic carbocycles. The van der Waals surface area contributed by atoms with E-state index in [1.54, 1.807) is 22.8 Å². The molecule has 1 aliphatic carbocycles. The fraction of sp³-hybridized carbons (Fsp3) is 0.381. The Bertz CT molecular complexity index is 1040. The average molecular weight is 401 g/mol. The summed E-state index contributed by atoms with van der Waals surface area (Å²) in [6.45, 7) is 3.76. The Labute approximate surface area is 167 Å². The van der Waals surface area contributed by atoms with Gasteiger partial charge >= 0.3 is 0 Å². The Morgan fingerprint density at radius 2 is 2.04 bits per heavy atom. The van der Waals surface area contributed by atoms with E-state index in [4.69, 9.17) is 11.6 Å². The van der Waals surface area contributed by atoms with Gasteiger partial charge in [0.15, 0.2) is 5.65 Å². The first-order valence-electron chi connectivity index (χ1n) is 9.53. The Balaban J connectivity index is 1.70. The van der Waals surface area contributed by atoms with Crippen LogP contribution in [-0.2, 0) is 6.42 Å². The first-order valence-corrected chi connectivity index (χ1v) is 9.91. The lowest BCUT2D eigenvalue weighted by Crippen LogP contribution is -2.32. The lowest BCUT2D eigenvalue weighted by molar-refractivity contribution is 0.0939. The van der Waals surface area contributed by atoms with Gasteiger partial charge in [-0.1, -0.05) is 30.5 Å². The molecule has 0 radical (unpaired) electrons. The van der Waals surface area contributed by atoms with Crippen LogP contribution in [0.3, 0.4) is 0 Å². The smallest absolute Gasteiger partial charge is 0.256 e. The summed E-state index contributed by atoms with van der Waals surface area (Å²) in [6, 6.07) is 4.89. The molecule has 0 atom stereocenters. The molecule has 0 aliphatic heterocycles. The number of rotatable bonds is 4. The maximum Gasteiger partial charge on any atom is 0.256 e. The van der Waals surface area contributed by atoms with Crippen molar-refractivity contribution in [1.82, 2.24) is 19.9 Å². The summed E-state index contributed by atoms with van der Waals surface area (Å²) < 4.78 is 15.9. The number of hydrogen-bond acceptors (Lipinski definition) is 3. The van der Waals surface area contributed by atoms with E-state index in [0.29, 0.717) is 28.2 Å². The standard InChI is InChI=1S/C21H22ClFN4O/c1-12-15(10-16-18(22)8-5-9-19(16)23)13(2)27-20(25-12)17(11-24-27)21(28)26-14-6-3-4-7-14/h5,8-9,11,14H,3-4,6-7,10H2,1-2H3,(H,26,28). The van der Waals surface area contributed by atoms with Crippen molar-refractivity contribution in [2.24, 2.45) is 0 Å². The fourth-order valence-corrected chi connectivity index (χ4v) is 4.17. The highest BCUT2D eigenvalue weighted by atomic mass is 35.5. The quantitative estimate of drug-likeness (QED) is 0.706. The number of amides is 1. The molecular weight excluding hydrogens is 379 g/mol. The Kier molecular flexibility index (Phi) is 5.06. The zero-order valence-corrected chi connectivity index (χ0v) is 16.7.